The maximum Gasteiger partial charge on any atom is 0.326 e. The molecule has 3 amide bonds. The van der Waals surface area contributed by atoms with E-state index in [4.69, 9.17) is 0 Å². The largest absolute Gasteiger partial charge is 0.480 e. The molecule has 8 heteroatoms. The Morgan fingerprint density at radius 1 is 0.814 bits per heavy atom. The van der Waals surface area contributed by atoms with Crippen molar-refractivity contribution in [1.82, 2.24) is 19.6 Å². The number of nitrogens with zero attached hydrogens (tertiary/aromatic N) is 4. The highest BCUT2D eigenvalue weighted by atomic mass is 16.4. The maximum absolute atomic E-state index is 14.2. The molecule has 2 heterocycles. The van der Waals surface area contributed by atoms with Crippen molar-refractivity contribution < 1.29 is 19.5 Å². The molecule has 0 aromatic heterocycles. The van der Waals surface area contributed by atoms with Crippen molar-refractivity contribution in [2.24, 2.45) is 5.92 Å². The topological polar surface area (TPSA) is 84.2 Å². The van der Waals surface area contributed by atoms with Crippen molar-refractivity contribution in [2.45, 2.75) is 50.4 Å². The number of rotatable bonds is 9. The Balaban J connectivity index is 1.40. The van der Waals surface area contributed by atoms with E-state index in [0.717, 1.165) is 29.5 Å². The van der Waals surface area contributed by atoms with Gasteiger partial charge in [0, 0.05) is 33.7 Å². The summed E-state index contributed by atoms with van der Waals surface area (Å²) < 4.78 is 0. The minimum Gasteiger partial charge on any atom is -0.480 e. The van der Waals surface area contributed by atoms with E-state index in [1.807, 2.05) is 59.5 Å². The van der Waals surface area contributed by atoms with Crippen molar-refractivity contribution in [3.05, 3.63) is 108 Å². The molecule has 0 saturated carbocycles. The predicted octanol–water partition coefficient (Wildman–Crippen LogP) is 4.75. The van der Waals surface area contributed by atoms with Gasteiger partial charge in [-0.25, -0.2) is 9.59 Å². The third-order valence-corrected chi connectivity index (χ3v) is 9.06. The van der Waals surface area contributed by atoms with Gasteiger partial charge in [-0.1, -0.05) is 105 Å². The molecule has 0 radical (unpaired) electrons. The average Bonchev–Trinajstić information content (AvgIpc) is 3.83. The van der Waals surface area contributed by atoms with Gasteiger partial charge in [-0.2, -0.15) is 0 Å². The first-order valence-corrected chi connectivity index (χ1v) is 15.1. The molecule has 8 nitrogen and oxygen atoms in total. The van der Waals surface area contributed by atoms with E-state index in [-0.39, 0.29) is 29.9 Å². The number of piperidine rings is 1. The molecule has 0 spiro atoms. The number of likely N-dealkylation sites (tertiary alicyclic amines) is 1. The van der Waals surface area contributed by atoms with Crippen LogP contribution >= 0.6 is 0 Å². The number of benzene rings is 3. The fraction of sp³-hybridized carbons (Fsp3) is 0.400. The molecule has 1 N–H and O–H groups in total. The second-order valence-electron chi connectivity index (χ2n) is 12.1. The van der Waals surface area contributed by atoms with Crippen LogP contribution < -0.4 is 0 Å². The Morgan fingerprint density at radius 3 is 1.74 bits per heavy atom. The van der Waals surface area contributed by atoms with E-state index in [9.17, 15) is 19.5 Å². The monoisotopic (exact) mass is 582 g/mol. The quantitative estimate of drug-likeness (QED) is 0.291. The molecule has 226 valence electrons. The van der Waals surface area contributed by atoms with Gasteiger partial charge in [0.25, 0.3) is 0 Å². The van der Waals surface area contributed by atoms with Crippen molar-refractivity contribution in [3.8, 4) is 0 Å². The van der Waals surface area contributed by atoms with Gasteiger partial charge in [-0.05, 0) is 35.4 Å². The number of carboxylic acid groups (broad SMARTS) is 1. The lowest BCUT2D eigenvalue weighted by atomic mass is 9.76. The second kappa shape index (κ2) is 12.6. The lowest BCUT2D eigenvalue weighted by Crippen LogP contribution is -2.56. The average molecular weight is 583 g/mol. The number of carboxylic acids is 1. The van der Waals surface area contributed by atoms with Gasteiger partial charge in [0.2, 0.25) is 5.91 Å². The molecular weight excluding hydrogens is 540 g/mol. The zero-order valence-corrected chi connectivity index (χ0v) is 25.5. The molecule has 3 aromatic carbocycles. The highest BCUT2D eigenvalue weighted by Crippen LogP contribution is 2.48. The molecule has 2 unspecified atom stereocenters. The van der Waals surface area contributed by atoms with Crippen molar-refractivity contribution in [1.29, 1.82) is 0 Å². The Kier molecular flexibility index (Phi) is 8.87. The number of amides is 3. The summed E-state index contributed by atoms with van der Waals surface area (Å²) in [6.45, 7) is 5.27. The summed E-state index contributed by atoms with van der Waals surface area (Å²) in [5.74, 6) is -1.19. The standard InChI is InChI=1S/C35H42N4O4/c1-25(2)31(33(41)42)37(4)34(43)36(3)29-21-14-22-38(23-29)32(40)30-24-39(30)35(26-15-8-5-9-16-26,27-17-10-6-11-18-27)28-19-12-7-13-20-28/h5-13,15-20,25,29-31H,14,21-24H2,1-4H3,(H,41,42)/t29-,30?,31?,39+/m0/s1. The molecule has 43 heavy (non-hydrogen) atoms. The normalized spacial score (nSPS) is 20.8. The number of hydrogen-bond donors (Lipinski definition) is 1. The highest BCUT2D eigenvalue weighted by Gasteiger charge is 2.57. The Labute approximate surface area is 254 Å². The first-order chi connectivity index (χ1) is 20.7. The van der Waals surface area contributed by atoms with Crippen LogP contribution in [0.15, 0.2) is 91.0 Å². The SMILES string of the molecule is CC(C)C(C(=O)O)N(C)C(=O)N(C)[C@H]1CCCN(C(=O)C2C[N@@]2C(c2ccccc2)(c2ccccc2)c2ccccc2)C1. The molecule has 0 aliphatic carbocycles. The molecule has 4 atom stereocenters. The molecule has 3 aromatic rings. The maximum atomic E-state index is 14.2. The number of likely N-dealkylation sites (N-methyl/N-ethyl adjacent to an activating group) is 2. The molecule has 0 bridgehead atoms. The molecule has 2 aliphatic heterocycles. The van der Waals surface area contributed by atoms with E-state index < -0.39 is 17.6 Å². The summed E-state index contributed by atoms with van der Waals surface area (Å²) in [6, 6.07) is 29.4. The van der Waals surface area contributed by atoms with E-state index in [2.05, 4.69) is 41.3 Å². The minimum atomic E-state index is -1.02. The number of carbonyl (C=O) groups is 3. The van der Waals surface area contributed by atoms with Crippen LogP contribution in [0, 0.1) is 5.92 Å². The minimum absolute atomic E-state index is 0.0664. The van der Waals surface area contributed by atoms with E-state index >= 15 is 0 Å². The highest BCUT2D eigenvalue weighted by molar-refractivity contribution is 5.86. The summed E-state index contributed by atoms with van der Waals surface area (Å²) in [7, 11) is 3.26. The zero-order chi connectivity index (χ0) is 30.7. The molecule has 2 aliphatic rings. The third-order valence-electron chi connectivity index (χ3n) is 9.06. The van der Waals surface area contributed by atoms with Crippen LogP contribution in [-0.4, -0.2) is 94.5 Å². The van der Waals surface area contributed by atoms with Gasteiger partial charge in [-0.3, -0.25) is 9.69 Å². The Hall–Kier alpha value is -4.17. The lowest BCUT2D eigenvalue weighted by Gasteiger charge is -2.41. The van der Waals surface area contributed by atoms with Crippen LogP contribution in [-0.2, 0) is 15.1 Å². The zero-order valence-electron chi connectivity index (χ0n) is 25.5. The first-order valence-electron chi connectivity index (χ1n) is 15.1. The van der Waals surface area contributed by atoms with Crippen LogP contribution in [0.25, 0.3) is 0 Å². The molecule has 2 fully saturated rings. The van der Waals surface area contributed by atoms with Gasteiger partial charge in [0.15, 0.2) is 0 Å². The van der Waals surface area contributed by atoms with Gasteiger partial charge in [-0.15, -0.1) is 0 Å². The second-order valence-corrected chi connectivity index (χ2v) is 12.1. The summed E-state index contributed by atoms with van der Waals surface area (Å²) in [5.41, 5.74) is 2.67. The van der Waals surface area contributed by atoms with Gasteiger partial charge in [0.05, 0.1) is 11.6 Å². The summed E-state index contributed by atoms with van der Waals surface area (Å²) in [4.78, 5) is 46.5. The van der Waals surface area contributed by atoms with Crippen LogP contribution in [0.3, 0.4) is 0 Å². The van der Waals surface area contributed by atoms with E-state index in [1.165, 1.54) is 4.90 Å². The van der Waals surface area contributed by atoms with Crippen LogP contribution in [0.2, 0.25) is 0 Å². The summed E-state index contributed by atoms with van der Waals surface area (Å²) in [6.07, 6.45) is 1.54. The number of carbonyl (C=O) groups excluding carboxylic acids is 2. The third kappa shape index (κ3) is 5.76. The molecule has 2 saturated heterocycles. The fourth-order valence-electron chi connectivity index (χ4n) is 6.86. The molecular formula is C35H42N4O4. The fourth-order valence-corrected chi connectivity index (χ4v) is 6.86. The summed E-state index contributed by atoms with van der Waals surface area (Å²) >= 11 is 0. The van der Waals surface area contributed by atoms with E-state index in [0.29, 0.717) is 19.6 Å². The van der Waals surface area contributed by atoms with Gasteiger partial charge in [0.1, 0.15) is 12.1 Å². The Morgan fingerprint density at radius 2 is 1.30 bits per heavy atom. The van der Waals surface area contributed by atoms with Crippen LogP contribution in [0.4, 0.5) is 4.79 Å². The smallest absolute Gasteiger partial charge is 0.326 e. The lowest BCUT2D eigenvalue weighted by molar-refractivity contribution is -0.143. The first kappa shape index (κ1) is 30.3. The predicted molar refractivity (Wildman–Crippen MR) is 166 cm³/mol. The number of aliphatic carboxylic acids is 1. The van der Waals surface area contributed by atoms with Crippen molar-refractivity contribution in [3.63, 3.8) is 0 Å². The van der Waals surface area contributed by atoms with Crippen LogP contribution in [0.5, 0.6) is 0 Å². The van der Waals surface area contributed by atoms with Gasteiger partial charge < -0.3 is 19.8 Å². The van der Waals surface area contributed by atoms with E-state index in [1.54, 1.807) is 32.8 Å². The van der Waals surface area contributed by atoms with Crippen LogP contribution in [0.1, 0.15) is 43.4 Å². The Bertz CT molecular complexity index is 1320. The van der Waals surface area contributed by atoms with Crippen molar-refractivity contribution in [2.75, 3.05) is 33.7 Å². The van der Waals surface area contributed by atoms with Gasteiger partial charge >= 0.3 is 12.0 Å². The van der Waals surface area contributed by atoms with Crippen molar-refractivity contribution >= 4 is 17.9 Å². The molecule has 5 rings (SSSR count). The number of hydrogen-bond acceptors (Lipinski definition) is 4. The summed E-state index contributed by atoms with van der Waals surface area (Å²) in [5, 5.41) is 9.71. The number of urea groups is 1.